The van der Waals surface area contributed by atoms with Crippen molar-refractivity contribution in [2.75, 3.05) is 33.3 Å². The summed E-state index contributed by atoms with van der Waals surface area (Å²) in [7, 11) is 1.61. The summed E-state index contributed by atoms with van der Waals surface area (Å²) in [6, 6.07) is 19.3. The van der Waals surface area contributed by atoms with Crippen LogP contribution in [0.4, 0.5) is 0 Å². The molecule has 2 amide bonds. The summed E-state index contributed by atoms with van der Waals surface area (Å²) in [5.74, 6) is 0.663. The van der Waals surface area contributed by atoms with Crippen LogP contribution in [0.5, 0.6) is 5.75 Å². The third kappa shape index (κ3) is 4.22. The summed E-state index contributed by atoms with van der Waals surface area (Å²) >= 11 is 0. The Kier molecular flexibility index (Phi) is 5.95. The molecule has 1 saturated heterocycles. The molecule has 5 rings (SSSR count). The summed E-state index contributed by atoms with van der Waals surface area (Å²) in [4.78, 5) is 34.1. The molecular weight excluding hydrogens is 430 g/mol. The first-order valence-electron chi connectivity index (χ1n) is 11.2. The molecule has 172 valence electrons. The number of hydrogen-bond acceptors (Lipinski definition) is 5. The molecule has 1 aliphatic heterocycles. The van der Waals surface area contributed by atoms with Gasteiger partial charge in [0.2, 0.25) is 5.91 Å². The molecule has 0 N–H and O–H groups in total. The molecule has 8 heteroatoms. The number of rotatable bonds is 5. The maximum atomic E-state index is 13.3. The monoisotopic (exact) mass is 455 g/mol. The van der Waals surface area contributed by atoms with Crippen LogP contribution in [0.1, 0.15) is 15.9 Å². The van der Waals surface area contributed by atoms with Gasteiger partial charge < -0.3 is 14.5 Å². The third-order valence-electron chi connectivity index (χ3n) is 6.11. The van der Waals surface area contributed by atoms with Crippen LogP contribution in [-0.2, 0) is 11.2 Å². The third-order valence-corrected chi connectivity index (χ3v) is 6.11. The van der Waals surface area contributed by atoms with Gasteiger partial charge in [0.15, 0.2) is 5.65 Å². The van der Waals surface area contributed by atoms with Gasteiger partial charge >= 0.3 is 0 Å². The predicted molar refractivity (Wildman–Crippen MR) is 128 cm³/mol. The van der Waals surface area contributed by atoms with E-state index in [1.807, 2.05) is 65.6 Å². The fourth-order valence-corrected chi connectivity index (χ4v) is 4.27. The van der Waals surface area contributed by atoms with Crippen molar-refractivity contribution in [2.45, 2.75) is 6.42 Å². The minimum absolute atomic E-state index is 0.0468. The van der Waals surface area contributed by atoms with Gasteiger partial charge in [-0.2, -0.15) is 5.10 Å². The van der Waals surface area contributed by atoms with Crippen LogP contribution in [0.3, 0.4) is 0 Å². The van der Waals surface area contributed by atoms with Crippen LogP contribution in [0.2, 0.25) is 0 Å². The number of methoxy groups -OCH3 is 1. The van der Waals surface area contributed by atoms with Gasteiger partial charge in [0, 0.05) is 37.9 Å². The number of benzene rings is 2. The first-order valence-corrected chi connectivity index (χ1v) is 11.2. The summed E-state index contributed by atoms with van der Waals surface area (Å²) in [5.41, 5.74) is 3.78. The molecule has 3 heterocycles. The highest BCUT2D eigenvalue weighted by Gasteiger charge is 2.27. The quantitative estimate of drug-likeness (QED) is 0.462. The van der Waals surface area contributed by atoms with E-state index in [0.717, 1.165) is 22.6 Å². The first kappa shape index (κ1) is 21.6. The number of carbonyl (C=O) groups excluding carboxylic acids is 2. The largest absolute Gasteiger partial charge is 0.497 e. The Hall–Kier alpha value is -4.20. The standard InChI is InChI=1S/C26H25N5O3/c1-34-21-9-5-6-19(16-21)17-24(32)29-12-14-30(15-13-29)26(33)22-18-28-31-23(10-11-27-25(22)31)20-7-3-2-4-8-20/h2-11,16,18H,12-15,17H2,1H3. The molecule has 4 aromatic rings. The Balaban J connectivity index is 1.27. The topological polar surface area (TPSA) is 80.0 Å². The Morgan fingerprint density at radius 3 is 2.47 bits per heavy atom. The number of aromatic nitrogens is 3. The molecule has 0 unspecified atom stereocenters. The Bertz CT molecular complexity index is 1330. The van der Waals surface area contributed by atoms with Crippen molar-refractivity contribution < 1.29 is 14.3 Å². The second-order valence-corrected chi connectivity index (χ2v) is 8.19. The zero-order valence-electron chi connectivity index (χ0n) is 18.9. The zero-order chi connectivity index (χ0) is 23.5. The second kappa shape index (κ2) is 9.35. The summed E-state index contributed by atoms with van der Waals surface area (Å²) in [6.45, 7) is 1.93. The molecule has 1 fully saturated rings. The summed E-state index contributed by atoms with van der Waals surface area (Å²) < 4.78 is 6.94. The minimum Gasteiger partial charge on any atom is -0.497 e. The molecule has 0 bridgehead atoms. The van der Waals surface area contributed by atoms with Gasteiger partial charge in [-0.1, -0.05) is 42.5 Å². The van der Waals surface area contributed by atoms with E-state index in [0.29, 0.717) is 43.8 Å². The second-order valence-electron chi connectivity index (χ2n) is 8.19. The van der Waals surface area contributed by atoms with E-state index in [1.165, 1.54) is 0 Å². The van der Waals surface area contributed by atoms with Crippen molar-refractivity contribution in [1.82, 2.24) is 24.4 Å². The van der Waals surface area contributed by atoms with Crippen molar-refractivity contribution in [3.8, 4) is 17.0 Å². The normalized spacial score (nSPS) is 13.8. The van der Waals surface area contributed by atoms with Crippen LogP contribution in [0, 0.1) is 0 Å². The number of nitrogens with zero attached hydrogens (tertiary/aromatic N) is 5. The predicted octanol–water partition coefficient (Wildman–Crippen LogP) is 2.93. The molecule has 34 heavy (non-hydrogen) atoms. The highest BCUT2D eigenvalue weighted by atomic mass is 16.5. The van der Waals surface area contributed by atoms with Crippen LogP contribution in [0.25, 0.3) is 16.9 Å². The van der Waals surface area contributed by atoms with Crippen molar-refractivity contribution in [1.29, 1.82) is 0 Å². The number of piperazine rings is 1. The van der Waals surface area contributed by atoms with Crippen LogP contribution >= 0.6 is 0 Å². The first-order chi connectivity index (χ1) is 16.6. The van der Waals surface area contributed by atoms with E-state index < -0.39 is 0 Å². The lowest BCUT2D eigenvalue weighted by Crippen LogP contribution is -2.51. The van der Waals surface area contributed by atoms with E-state index in [2.05, 4.69) is 10.1 Å². The molecular formula is C26H25N5O3. The average molecular weight is 456 g/mol. The fraction of sp³-hybridized carbons (Fsp3) is 0.231. The molecule has 8 nitrogen and oxygen atoms in total. The molecule has 2 aromatic heterocycles. The van der Waals surface area contributed by atoms with Gasteiger partial charge in [-0.05, 0) is 23.8 Å². The molecule has 0 spiro atoms. The minimum atomic E-state index is -0.118. The maximum Gasteiger partial charge on any atom is 0.259 e. The number of fused-ring (bicyclic) bond motifs is 1. The SMILES string of the molecule is COc1cccc(CC(=O)N2CCN(C(=O)c3cnn4c(-c5ccccc5)ccnc34)CC2)c1. The number of amides is 2. The highest BCUT2D eigenvalue weighted by molar-refractivity contribution is 6.00. The zero-order valence-corrected chi connectivity index (χ0v) is 18.9. The maximum absolute atomic E-state index is 13.3. The highest BCUT2D eigenvalue weighted by Crippen LogP contribution is 2.22. The van der Waals surface area contributed by atoms with Gasteiger partial charge in [0.1, 0.15) is 11.3 Å². The van der Waals surface area contributed by atoms with E-state index in [4.69, 9.17) is 4.74 Å². The summed E-state index contributed by atoms with van der Waals surface area (Å²) in [6.07, 6.45) is 3.59. The molecule has 0 saturated carbocycles. The van der Waals surface area contributed by atoms with Gasteiger partial charge in [-0.25, -0.2) is 9.50 Å². The Morgan fingerprint density at radius 1 is 0.941 bits per heavy atom. The van der Waals surface area contributed by atoms with E-state index in [9.17, 15) is 9.59 Å². The summed E-state index contributed by atoms with van der Waals surface area (Å²) in [5, 5.41) is 4.45. The van der Waals surface area contributed by atoms with E-state index in [-0.39, 0.29) is 11.8 Å². The Morgan fingerprint density at radius 2 is 1.71 bits per heavy atom. The lowest BCUT2D eigenvalue weighted by molar-refractivity contribution is -0.131. The van der Waals surface area contributed by atoms with Crippen molar-refractivity contribution in [3.63, 3.8) is 0 Å². The lowest BCUT2D eigenvalue weighted by atomic mass is 10.1. The molecule has 0 radical (unpaired) electrons. The molecule has 0 aliphatic carbocycles. The molecule has 1 aliphatic rings. The number of ether oxygens (including phenoxy) is 1. The van der Waals surface area contributed by atoms with E-state index in [1.54, 1.807) is 28.9 Å². The average Bonchev–Trinajstić information content (AvgIpc) is 3.33. The van der Waals surface area contributed by atoms with Crippen LogP contribution in [0.15, 0.2) is 73.1 Å². The molecule has 0 atom stereocenters. The van der Waals surface area contributed by atoms with Crippen molar-refractivity contribution >= 4 is 17.5 Å². The van der Waals surface area contributed by atoms with Crippen molar-refractivity contribution in [3.05, 3.63) is 84.2 Å². The van der Waals surface area contributed by atoms with Crippen LogP contribution in [-0.4, -0.2) is 69.5 Å². The van der Waals surface area contributed by atoms with Crippen LogP contribution < -0.4 is 4.74 Å². The lowest BCUT2D eigenvalue weighted by Gasteiger charge is -2.34. The number of carbonyl (C=O) groups is 2. The van der Waals surface area contributed by atoms with Crippen molar-refractivity contribution in [2.24, 2.45) is 0 Å². The smallest absolute Gasteiger partial charge is 0.259 e. The molecule has 2 aromatic carbocycles. The fourth-order valence-electron chi connectivity index (χ4n) is 4.27. The van der Waals surface area contributed by atoms with Gasteiger partial charge in [0.25, 0.3) is 5.91 Å². The van der Waals surface area contributed by atoms with E-state index >= 15 is 0 Å². The number of hydrogen-bond donors (Lipinski definition) is 0. The van der Waals surface area contributed by atoms with Gasteiger partial charge in [-0.15, -0.1) is 0 Å². The Labute approximate surface area is 197 Å². The van der Waals surface area contributed by atoms with Gasteiger partial charge in [0.05, 0.1) is 25.4 Å². The van der Waals surface area contributed by atoms with Gasteiger partial charge in [-0.3, -0.25) is 9.59 Å².